The Morgan fingerprint density at radius 1 is 1.11 bits per heavy atom. The molecule has 2 unspecified atom stereocenters. The van der Waals surface area contributed by atoms with Crippen LogP contribution in [0.3, 0.4) is 0 Å². The van der Waals surface area contributed by atoms with Gasteiger partial charge in [-0.25, -0.2) is 0 Å². The van der Waals surface area contributed by atoms with Gasteiger partial charge in [-0.15, -0.1) is 0 Å². The van der Waals surface area contributed by atoms with Gasteiger partial charge in [-0.05, 0) is 68.2 Å². The van der Waals surface area contributed by atoms with E-state index in [0.717, 1.165) is 12.0 Å². The van der Waals surface area contributed by atoms with Crippen molar-refractivity contribution in [2.24, 2.45) is 5.92 Å². The summed E-state index contributed by atoms with van der Waals surface area (Å²) in [5, 5.41) is 3.46. The van der Waals surface area contributed by atoms with Crippen molar-refractivity contribution in [3.63, 3.8) is 0 Å². The highest BCUT2D eigenvalue weighted by atomic mass is 14.9. The van der Waals surface area contributed by atoms with Crippen LogP contribution in [0.15, 0.2) is 18.2 Å². The second-order valence-corrected chi connectivity index (χ2v) is 6.18. The van der Waals surface area contributed by atoms with Crippen molar-refractivity contribution in [1.29, 1.82) is 0 Å². The Morgan fingerprint density at radius 2 is 2.00 bits per heavy atom. The van der Waals surface area contributed by atoms with Crippen molar-refractivity contribution >= 4 is 0 Å². The van der Waals surface area contributed by atoms with Gasteiger partial charge in [-0.1, -0.05) is 31.0 Å². The summed E-state index contributed by atoms with van der Waals surface area (Å²) in [6.45, 7) is 0. The van der Waals surface area contributed by atoms with E-state index in [1.165, 1.54) is 51.4 Å². The molecule has 0 heterocycles. The Morgan fingerprint density at radius 3 is 2.89 bits per heavy atom. The highest BCUT2D eigenvalue weighted by Crippen LogP contribution is 2.29. The van der Waals surface area contributed by atoms with E-state index in [0.29, 0.717) is 0 Å². The summed E-state index contributed by atoms with van der Waals surface area (Å²) in [7, 11) is 2.11. The van der Waals surface area contributed by atoms with Crippen LogP contribution in [0.25, 0.3) is 0 Å². The van der Waals surface area contributed by atoms with E-state index in [1.54, 1.807) is 16.7 Å². The van der Waals surface area contributed by atoms with Crippen molar-refractivity contribution in [3.05, 3.63) is 34.9 Å². The van der Waals surface area contributed by atoms with E-state index in [1.807, 2.05) is 0 Å². The third-order valence-electron chi connectivity index (χ3n) is 4.88. The van der Waals surface area contributed by atoms with E-state index in [9.17, 15) is 0 Å². The smallest absolute Gasteiger partial charge is 0.00668 e. The van der Waals surface area contributed by atoms with Crippen LogP contribution in [0.4, 0.5) is 0 Å². The van der Waals surface area contributed by atoms with Crippen molar-refractivity contribution in [2.45, 2.75) is 57.4 Å². The maximum Gasteiger partial charge on any atom is 0.00668 e. The van der Waals surface area contributed by atoms with Gasteiger partial charge in [0.05, 0.1) is 0 Å². The monoisotopic (exact) mass is 243 g/mol. The normalized spacial score (nSPS) is 27.2. The van der Waals surface area contributed by atoms with Gasteiger partial charge in [0.2, 0.25) is 0 Å². The van der Waals surface area contributed by atoms with Crippen LogP contribution >= 0.6 is 0 Å². The quantitative estimate of drug-likeness (QED) is 0.857. The van der Waals surface area contributed by atoms with E-state index >= 15 is 0 Å². The molecular formula is C17H25N. The second kappa shape index (κ2) is 5.44. The predicted octanol–water partition coefficient (Wildman–Crippen LogP) is 3.50. The second-order valence-electron chi connectivity index (χ2n) is 6.18. The molecule has 2 atom stereocenters. The number of nitrogens with one attached hydrogen (secondary N) is 1. The molecule has 18 heavy (non-hydrogen) atoms. The molecule has 0 bridgehead atoms. The van der Waals surface area contributed by atoms with Crippen molar-refractivity contribution in [1.82, 2.24) is 5.32 Å². The van der Waals surface area contributed by atoms with Crippen LogP contribution in [0.5, 0.6) is 0 Å². The molecule has 1 saturated carbocycles. The number of hydrogen-bond donors (Lipinski definition) is 1. The van der Waals surface area contributed by atoms with Gasteiger partial charge in [-0.3, -0.25) is 0 Å². The average molecular weight is 243 g/mol. The molecule has 2 aliphatic rings. The largest absolute Gasteiger partial charge is 0.317 e. The Bertz CT molecular complexity index is 410. The summed E-state index contributed by atoms with van der Waals surface area (Å²) in [5.41, 5.74) is 4.82. The van der Waals surface area contributed by atoms with Gasteiger partial charge in [-0.2, -0.15) is 0 Å². The summed E-state index contributed by atoms with van der Waals surface area (Å²) in [5.74, 6) is 0.899. The molecule has 2 aliphatic carbocycles. The Hall–Kier alpha value is -0.820. The average Bonchev–Trinajstić information content (AvgIpc) is 2.86. The highest BCUT2D eigenvalue weighted by Gasteiger charge is 2.21. The maximum atomic E-state index is 3.46. The Balaban J connectivity index is 1.65. The molecule has 1 N–H and O–H groups in total. The molecule has 1 heteroatoms. The number of hydrogen-bond acceptors (Lipinski definition) is 1. The number of aryl methyl sites for hydroxylation is 2. The van der Waals surface area contributed by atoms with Gasteiger partial charge in [0, 0.05) is 6.04 Å². The van der Waals surface area contributed by atoms with Crippen LogP contribution in [0.1, 0.15) is 48.8 Å². The van der Waals surface area contributed by atoms with E-state index in [-0.39, 0.29) is 0 Å². The number of fused-ring (bicyclic) bond motifs is 1. The number of benzene rings is 1. The molecule has 1 aromatic rings. The summed E-state index contributed by atoms with van der Waals surface area (Å²) in [6, 6.07) is 8.02. The summed E-state index contributed by atoms with van der Waals surface area (Å²) in [6.07, 6.45) is 10.9. The zero-order valence-electron chi connectivity index (χ0n) is 11.5. The molecule has 0 radical (unpaired) electrons. The molecule has 1 fully saturated rings. The molecule has 1 aromatic carbocycles. The van der Waals surface area contributed by atoms with Crippen LogP contribution in [0.2, 0.25) is 0 Å². The van der Waals surface area contributed by atoms with Crippen LogP contribution in [-0.2, 0) is 19.3 Å². The number of rotatable bonds is 3. The maximum absolute atomic E-state index is 3.46. The first-order valence-electron chi connectivity index (χ1n) is 7.63. The van der Waals surface area contributed by atoms with Crippen LogP contribution in [-0.4, -0.2) is 13.1 Å². The molecule has 0 amide bonds. The van der Waals surface area contributed by atoms with Gasteiger partial charge in [0.1, 0.15) is 0 Å². The Kier molecular flexibility index (Phi) is 3.69. The standard InChI is InChI=1S/C17H25N/c1-18-17-7-2-4-13(12-17)10-14-8-9-15-5-3-6-16(15)11-14/h8-9,11,13,17-18H,2-7,10,12H2,1H3. The molecule has 98 valence electrons. The zero-order valence-corrected chi connectivity index (χ0v) is 11.5. The highest BCUT2D eigenvalue weighted by molar-refractivity contribution is 5.35. The lowest BCUT2D eigenvalue weighted by atomic mass is 9.82. The molecule has 0 saturated heterocycles. The minimum absolute atomic E-state index is 0.762. The third-order valence-corrected chi connectivity index (χ3v) is 4.88. The van der Waals surface area contributed by atoms with Gasteiger partial charge in [0.15, 0.2) is 0 Å². The summed E-state index contributed by atoms with van der Waals surface area (Å²) in [4.78, 5) is 0. The minimum atomic E-state index is 0.762. The van der Waals surface area contributed by atoms with Crippen LogP contribution in [0, 0.1) is 5.92 Å². The fraction of sp³-hybridized carbons (Fsp3) is 0.647. The molecule has 0 aliphatic heterocycles. The lowest BCUT2D eigenvalue weighted by molar-refractivity contribution is 0.294. The molecule has 0 spiro atoms. The summed E-state index contributed by atoms with van der Waals surface area (Å²) >= 11 is 0. The Labute approximate surface area is 111 Å². The first kappa shape index (κ1) is 12.2. The van der Waals surface area contributed by atoms with Crippen molar-refractivity contribution < 1.29 is 0 Å². The fourth-order valence-electron chi connectivity index (χ4n) is 3.82. The van der Waals surface area contributed by atoms with Crippen LogP contribution < -0.4 is 5.32 Å². The first-order valence-corrected chi connectivity index (χ1v) is 7.63. The lowest BCUT2D eigenvalue weighted by Crippen LogP contribution is -2.31. The SMILES string of the molecule is CNC1CCCC(Cc2ccc3c(c2)CCC3)C1. The van der Waals surface area contributed by atoms with Gasteiger partial charge in [0.25, 0.3) is 0 Å². The van der Waals surface area contributed by atoms with Gasteiger partial charge >= 0.3 is 0 Å². The third kappa shape index (κ3) is 2.61. The minimum Gasteiger partial charge on any atom is -0.317 e. The van der Waals surface area contributed by atoms with Crippen molar-refractivity contribution in [2.75, 3.05) is 7.05 Å². The predicted molar refractivity (Wildman–Crippen MR) is 77.0 cm³/mol. The van der Waals surface area contributed by atoms with Crippen molar-refractivity contribution in [3.8, 4) is 0 Å². The summed E-state index contributed by atoms with van der Waals surface area (Å²) < 4.78 is 0. The first-order chi connectivity index (χ1) is 8.85. The molecule has 3 rings (SSSR count). The van der Waals surface area contributed by atoms with E-state index in [4.69, 9.17) is 0 Å². The van der Waals surface area contributed by atoms with E-state index in [2.05, 4.69) is 30.6 Å². The zero-order chi connectivity index (χ0) is 12.4. The van der Waals surface area contributed by atoms with E-state index < -0.39 is 0 Å². The van der Waals surface area contributed by atoms with Gasteiger partial charge < -0.3 is 5.32 Å². The fourth-order valence-corrected chi connectivity index (χ4v) is 3.82. The molecule has 1 nitrogen and oxygen atoms in total. The lowest BCUT2D eigenvalue weighted by Gasteiger charge is -2.29. The molecular weight excluding hydrogens is 218 g/mol. The molecule has 0 aromatic heterocycles. The topological polar surface area (TPSA) is 12.0 Å².